The van der Waals surface area contributed by atoms with E-state index in [1.54, 1.807) is 0 Å². The summed E-state index contributed by atoms with van der Waals surface area (Å²) in [6.07, 6.45) is 0. The van der Waals surface area contributed by atoms with E-state index in [1.807, 2.05) is 60.4 Å². The second kappa shape index (κ2) is 6.45. The summed E-state index contributed by atoms with van der Waals surface area (Å²) in [4.78, 5) is 17.0. The van der Waals surface area contributed by atoms with E-state index in [2.05, 4.69) is 4.90 Å². The van der Waals surface area contributed by atoms with Gasteiger partial charge in [0.05, 0.1) is 0 Å². The van der Waals surface area contributed by atoms with Gasteiger partial charge in [0.2, 0.25) is 0 Å². The van der Waals surface area contributed by atoms with Gasteiger partial charge in [-0.05, 0) is 37.3 Å². The van der Waals surface area contributed by atoms with E-state index in [-0.39, 0.29) is 5.91 Å². The fraction of sp³-hybridized carbons (Fsp3) is 0.250. The molecule has 0 unspecified atom stereocenters. The van der Waals surface area contributed by atoms with Gasteiger partial charge in [0.15, 0.2) is 5.76 Å². The van der Waals surface area contributed by atoms with Crippen LogP contribution in [0.4, 0.5) is 5.69 Å². The zero-order valence-electron chi connectivity index (χ0n) is 14.0. The Morgan fingerprint density at radius 1 is 1.00 bits per heavy atom. The molecule has 3 aromatic rings. The number of anilines is 1. The summed E-state index contributed by atoms with van der Waals surface area (Å²) in [6, 6.07) is 15.6. The molecule has 0 aliphatic carbocycles. The van der Waals surface area contributed by atoms with Gasteiger partial charge in [-0.1, -0.05) is 29.8 Å². The minimum Gasteiger partial charge on any atom is -0.451 e. The molecule has 4 nitrogen and oxygen atoms in total. The lowest BCUT2D eigenvalue weighted by Crippen LogP contribution is -2.48. The molecule has 0 N–H and O–H groups in total. The number of benzene rings is 2. The fourth-order valence-corrected chi connectivity index (χ4v) is 3.47. The normalized spacial score (nSPS) is 15.0. The van der Waals surface area contributed by atoms with Crippen LogP contribution in [-0.4, -0.2) is 37.0 Å². The number of halogens is 1. The number of rotatable bonds is 2. The second-order valence-corrected chi connectivity index (χ2v) is 6.74. The number of nitrogens with zero attached hydrogens (tertiary/aromatic N) is 2. The van der Waals surface area contributed by atoms with E-state index in [0.717, 1.165) is 40.3 Å². The lowest BCUT2D eigenvalue weighted by Gasteiger charge is -2.35. The van der Waals surface area contributed by atoms with Crippen molar-refractivity contribution in [2.45, 2.75) is 6.92 Å². The van der Waals surface area contributed by atoms with E-state index in [1.165, 1.54) is 0 Å². The lowest BCUT2D eigenvalue weighted by atomic mass is 10.1. The van der Waals surface area contributed by atoms with Crippen LogP contribution in [0.15, 0.2) is 52.9 Å². The molecule has 0 atom stereocenters. The number of furan rings is 1. The van der Waals surface area contributed by atoms with Crippen LogP contribution >= 0.6 is 11.6 Å². The van der Waals surface area contributed by atoms with Crippen LogP contribution in [0.3, 0.4) is 0 Å². The van der Waals surface area contributed by atoms with Crippen LogP contribution in [0.25, 0.3) is 11.0 Å². The highest BCUT2D eigenvalue weighted by Crippen LogP contribution is 2.27. The molecule has 128 valence electrons. The molecular formula is C20H19ClN2O2. The molecule has 2 heterocycles. The first-order valence-corrected chi connectivity index (χ1v) is 8.79. The van der Waals surface area contributed by atoms with Gasteiger partial charge >= 0.3 is 0 Å². The van der Waals surface area contributed by atoms with Gasteiger partial charge in [-0.3, -0.25) is 4.79 Å². The van der Waals surface area contributed by atoms with Crippen molar-refractivity contribution in [1.29, 1.82) is 0 Å². The highest BCUT2D eigenvalue weighted by Gasteiger charge is 2.26. The second-order valence-electron chi connectivity index (χ2n) is 6.31. The Balaban J connectivity index is 1.49. The summed E-state index contributed by atoms with van der Waals surface area (Å²) in [5.74, 6) is 0.436. The third-order valence-electron chi connectivity index (χ3n) is 4.80. The summed E-state index contributed by atoms with van der Waals surface area (Å²) in [5, 5.41) is 1.74. The number of hydrogen-bond acceptors (Lipinski definition) is 3. The van der Waals surface area contributed by atoms with Crippen LogP contribution < -0.4 is 4.90 Å². The molecule has 1 aliphatic rings. The predicted molar refractivity (Wildman–Crippen MR) is 101 cm³/mol. The smallest absolute Gasteiger partial charge is 0.290 e. The van der Waals surface area contributed by atoms with E-state index in [4.69, 9.17) is 16.0 Å². The maximum absolute atomic E-state index is 12.9. The van der Waals surface area contributed by atoms with Crippen LogP contribution in [0.1, 0.15) is 16.1 Å². The number of carbonyl (C=O) groups excluding carboxylic acids is 1. The van der Waals surface area contributed by atoms with Crippen molar-refractivity contribution in [2.75, 3.05) is 31.1 Å². The van der Waals surface area contributed by atoms with Gasteiger partial charge in [0.25, 0.3) is 5.91 Å². The average molecular weight is 355 g/mol. The van der Waals surface area contributed by atoms with Gasteiger partial charge in [-0.25, -0.2) is 0 Å². The Bertz CT molecular complexity index is 909. The molecule has 1 aliphatic heterocycles. The van der Waals surface area contributed by atoms with Gasteiger partial charge in [-0.15, -0.1) is 0 Å². The molecule has 25 heavy (non-hydrogen) atoms. The monoisotopic (exact) mass is 354 g/mol. The maximum atomic E-state index is 12.9. The Morgan fingerprint density at radius 3 is 2.36 bits per heavy atom. The summed E-state index contributed by atoms with van der Waals surface area (Å²) < 4.78 is 5.82. The molecule has 0 spiro atoms. The van der Waals surface area contributed by atoms with E-state index >= 15 is 0 Å². The quantitative estimate of drug-likeness (QED) is 0.686. The van der Waals surface area contributed by atoms with Crippen molar-refractivity contribution in [2.24, 2.45) is 0 Å². The van der Waals surface area contributed by atoms with Crippen LogP contribution in [-0.2, 0) is 0 Å². The van der Waals surface area contributed by atoms with Crippen molar-refractivity contribution < 1.29 is 9.21 Å². The molecule has 4 rings (SSSR count). The Kier molecular flexibility index (Phi) is 4.14. The topological polar surface area (TPSA) is 36.7 Å². The Labute approximate surface area is 151 Å². The Morgan fingerprint density at radius 2 is 1.68 bits per heavy atom. The maximum Gasteiger partial charge on any atom is 0.290 e. The van der Waals surface area contributed by atoms with Gasteiger partial charge in [0.1, 0.15) is 5.58 Å². The van der Waals surface area contributed by atoms with Crippen molar-refractivity contribution in [3.05, 3.63) is 64.9 Å². The molecule has 1 saturated heterocycles. The van der Waals surface area contributed by atoms with E-state index in [0.29, 0.717) is 18.8 Å². The number of amides is 1. The van der Waals surface area contributed by atoms with Gasteiger partial charge < -0.3 is 14.2 Å². The van der Waals surface area contributed by atoms with Gasteiger partial charge in [-0.2, -0.15) is 0 Å². The number of para-hydroxylation sites is 1. The van der Waals surface area contributed by atoms with Crippen molar-refractivity contribution >= 4 is 34.2 Å². The number of carbonyl (C=O) groups is 1. The number of aryl methyl sites for hydroxylation is 1. The summed E-state index contributed by atoms with van der Waals surface area (Å²) in [5.41, 5.74) is 2.82. The van der Waals surface area contributed by atoms with Crippen molar-refractivity contribution in [3.63, 3.8) is 0 Å². The first-order valence-electron chi connectivity index (χ1n) is 8.41. The zero-order valence-corrected chi connectivity index (χ0v) is 14.8. The molecule has 5 heteroatoms. The predicted octanol–water partition coefficient (Wildman–Crippen LogP) is 4.36. The van der Waals surface area contributed by atoms with Crippen LogP contribution in [0.2, 0.25) is 5.02 Å². The highest BCUT2D eigenvalue weighted by molar-refractivity contribution is 6.30. The van der Waals surface area contributed by atoms with Crippen LogP contribution in [0, 0.1) is 6.92 Å². The molecule has 2 aromatic carbocycles. The lowest BCUT2D eigenvalue weighted by molar-refractivity contribution is 0.0716. The first-order chi connectivity index (χ1) is 12.1. The average Bonchev–Trinajstić information content (AvgIpc) is 2.99. The summed E-state index contributed by atoms with van der Waals surface area (Å²) in [6.45, 7) is 4.90. The minimum absolute atomic E-state index is 0.0237. The third kappa shape index (κ3) is 2.98. The Hall–Kier alpha value is -2.46. The molecule has 1 amide bonds. The standard InChI is InChI=1S/C20H19ClN2O2/c1-14-17-4-2-3-5-18(17)25-19(14)20(24)23-12-10-22(11-13-23)16-8-6-15(21)7-9-16/h2-9H,10-13H2,1H3. The van der Waals surface area contributed by atoms with E-state index < -0.39 is 0 Å². The first kappa shape index (κ1) is 16.0. The van der Waals surface area contributed by atoms with Crippen molar-refractivity contribution in [3.8, 4) is 0 Å². The molecule has 0 bridgehead atoms. The molecule has 0 radical (unpaired) electrons. The SMILES string of the molecule is Cc1c(C(=O)N2CCN(c3ccc(Cl)cc3)CC2)oc2ccccc12. The number of hydrogen-bond donors (Lipinski definition) is 0. The number of fused-ring (bicyclic) bond motifs is 1. The zero-order chi connectivity index (χ0) is 17.4. The molecule has 1 aromatic heterocycles. The summed E-state index contributed by atoms with van der Waals surface area (Å²) in [7, 11) is 0. The third-order valence-corrected chi connectivity index (χ3v) is 5.05. The van der Waals surface area contributed by atoms with Crippen molar-refractivity contribution in [1.82, 2.24) is 4.90 Å². The van der Waals surface area contributed by atoms with E-state index in [9.17, 15) is 4.79 Å². The number of piperazine rings is 1. The largest absolute Gasteiger partial charge is 0.451 e. The van der Waals surface area contributed by atoms with Gasteiger partial charge in [0, 0.05) is 47.8 Å². The molecule has 1 fully saturated rings. The van der Waals surface area contributed by atoms with Crippen LogP contribution in [0.5, 0.6) is 0 Å². The summed E-state index contributed by atoms with van der Waals surface area (Å²) >= 11 is 5.95. The fourth-order valence-electron chi connectivity index (χ4n) is 3.34. The molecule has 0 saturated carbocycles. The highest BCUT2D eigenvalue weighted by atomic mass is 35.5. The minimum atomic E-state index is -0.0237. The molecular weight excluding hydrogens is 336 g/mol.